The van der Waals surface area contributed by atoms with Crippen LogP contribution in [0.5, 0.6) is 5.75 Å². The van der Waals surface area contributed by atoms with Crippen LogP contribution in [0.25, 0.3) is 0 Å². The van der Waals surface area contributed by atoms with Gasteiger partial charge in [-0.05, 0) is 48.4 Å². The molecule has 0 spiro atoms. The third-order valence-corrected chi connectivity index (χ3v) is 10.7. The maximum atomic E-state index is 12.5. The maximum absolute atomic E-state index is 12.5. The molecule has 10 nitrogen and oxygen atoms in total. The lowest BCUT2D eigenvalue weighted by Crippen LogP contribution is -2.43. The third kappa shape index (κ3) is 15.7. The van der Waals surface area contributed by atoms with E-state index in [4.69, 9.17) is 19.0 Å². The summed E-state index contributed by atoms with van der Waals surface area (Å²) in [6.07, 6.45) is 16.5. The SMILES string of the molecule is CCCCCCCCCc1ccccc1OC(c1ccccc1CCCCCCCCC)C(CO)(CO)COP(=O)(O)OP(=O)(O)O. The molecule has 0 radical (unpaired) electrons. The van der Waals surface area contributed by atoms with Crippen LogP contribution in [-0.4, -0.2) is 44.7 Å². The van der Waals surface area contributed by atoms with E-state index in [0.29, 0.717) is 11.3 Å². The van der Waals surface area contributed by atoms with Gasteiger partial charge in [0.05, 0.1) is 25.2 Å². The summed E-state index contributed by atoms with van der Waals surface area (Å²) in [6, 6.07) is 15.2. The van der Waals surface area contributed by atoms with Crippen molar-refractivity contribution in [3.63, 3.8) is 0 Å². The second-order valence-electron chi connectivity index (χ2n) is 12.5. The third-order valence-electron chi connectivity index (χ3n) is 8.56. The monoisotopic (exact) mass is 700 g/mol. The van der Waals surface area contributed by atoms with E-state index in [1.54, 1.807) is 0 Å². The Morgan fingerprint density at radius 1 is 0.660 bits per heavy atom. The van der Waals surface area contributed by atoms with Crippen molar-refractivity contribution in [3.05, 3.63) is 65.2 Å². The molecule has 2 rings (SSSR count). The number of phosphoric ester groups is 1. The molecule has 12 heteroatoms. The summed E-state index contributed by atoms with van der Waals surface area (Å²) in [5, 5.41) is 21.5. The molecule has 268 valence electrons. The van der Waals surface area contributed by atoms with Gasteiger partial charge in [0.15, 0.2) is 0 Å². The smallest absolute Gasteiger partial charge is 0.481 e. The minimum atomic E-state index is -5.38. The van der Waals surface area contributed by atoms with Gasteiger partial charge in [-0.2, -0.15) is 4.31 Å². The first kappa shape index (κ1) is 41.6. The van der Waals surface area contributed by atoms with Crippen molar-refractivity contribution in [3.8, 4) is 5.75 Å². The van der Waals surface area contributed by atoms with E-state index in [2.05, 4.69) is 18.2 Å². The van der Waals surface area contributed by atoms with E-state index in [0.717, 1.165) is 62.5 Å². The molecule has 0 aliphatic rings. The summed E-state index contributed by atoms with van der Waals surface area (Å²) >= 11 is 0. The summed E-state index contributed by atoms with van der Waals surface area (Å²) in [5.41, 5.74) is 0.887. The van der Waals surface area contributed by atoms with Gasteiger partial charge >= 0.3 is 15.6 Å². The molecule has 2 unspecified atom stereocenters. The summed E-state index contributed by atoms with van der Waals surface area (Å²) < 4.78 is 39.5. The van der Waals surface area contributed by atoms with Crippen molar-refractivity contribution in [2.45, 2.75) is 123 Å². The molecule has 0 heterocycles. The van der Waals surface area contributed by atoms with Crippen LogP contribution in [0, 0.1) is 5.41 Å². The highest BCUT2D eigenvalue weighted by molar-refractivity contribution is 7.60. The first-order valence-electron chi connectivity index (χ1n) is 17.3. The predicted octanol–water partition coefficient (Wildman–Crippen LogP) is 8.59. The summed E-state index contributed by atoms with van der Waals surface area (Å²) in [6.45, 7) is 2.15. The molecule has 2 atom stereocenters. The van der Waals surface area contributed by atoms with Gasteiger partial charge in [0, 0.05) is 0 Å². The van der Waals surface area contributed by atoms with Gasteiger partial charge < -0.3 is 29.6 Å². The van der Waals surface area contributed by atoms with Crippen LogP contribution < -0.4 is 4.74 Å². The fourth-order valence-corrected chi connectivity index (χ4v) is 7.47. The van der Waals surface area contributed by atoms with Crippen LogP contribution in [0.15, 0.2) is 48.5 Å². The quantitative estimate of drug-likeness (QED) is 0.0451. The first-order chi connectivity index (χ1) is 22.5. The molecule has 0 bridgehead atoms. The van der Waals surface area contributed by atoms with Gasteiger partial charge in [0.25, 0.3) is 0 Å². The Labute approximate surface area is 281 Å². The number of aryl methyl sites for hydroxylation is 2. The lowest BCUT2D eigenvalue weighted by atomic mass is 9.78. The zero-order chi connectivity index (χ0) is 34.6. The Hall–Kier alpha value is -1.58. The summed E-state index contributed by atoms with van der Waals surface area (Å²) in [4.78, 5) is 28.3. The largest absolute Gasteiger partial charge is 0.485 e. The second kappa shape index (κ2) is 22.2. The molecular formula is C35H58O10P2. The number of rotatable bonds is 27. The fourth-order valence-electron chi connectivity index (χ4n) is 5.78. The van der Waals surface area contributed by atoms with E-state index >= 15 is 0 Å². The molecule has 0 amide bonds. The number of phosphoric acid groups is 2. The molecule has 2 aromatic rings. The highest BCUT2D eigenvalue weighted by atomic mass is 31.3. The van der Waals surface area contributed by atoms with Crippen LogP contribution in [0.1, 0.15) is 127 Å². The zero-order valence-electron chi connectivity index (χ0n) is 28.3. The highest BCUT2D eigenvalue weighted by Gasteiger charge is 2.45. The molecule has 0 aliphatic heterocycles. The zero-order valence-corrected chi connectivity index (χ0v) is 30.1. The van der Waals surface area contributed by atoms with Gasteiger partial charge in [-0.3, -0.25) is 4.52 Å². The van der Waals surface area contributed by atoms with E-state index in [1.165, 1.54) is 51.4 Å². The fraction of sp³-hybridized carbons (Fsp3) is 0.657. The van der Waals surface area contributed by atoms with Crippen molar-refractivity contribution in [1.29, 1.82) is 0 Å². The van der Waals surface area contributed by atoms with Crippen molar-refractivity contribution >= 4 is 15.6 Å². The van der Waals surface area contributed by atoms with Crippen molar-refractivity contribution in [2.75, 3.05) is 19.8 Å². The molecular weight excluding hydrogens is 642 g/mol. The lowest BCUT2D eigenvalue weighted by Gasteiger charge is -2.39. The van der Waals surface area contributed by atoms with Gasteiger partial charge in [0.1, 0.15) is 11.9 Å². The molecule has 0 fully saturated rings. The maximum Gasteiger partial charge on any atom is 0.481 e. The molecule has 2 aromatic carbocycles. The van der Waals surface area contributed by atoms with Crippen LogP contribution in [0.4, 0.5) is 0 Å². The second-order valence-corrected chi connectivity index (χ2v) is 15.4. The Balaban J connectivity index is 2.40. The molecule has 0 aliphatic carbocycles. The molecule has 47 heavy (non-hydrogen) atoms. The Bertz CT molecular complexity index is 1230. The van der Waals surface area contributed by atoms with E-state index in [-0.39, 0.29) is 0 Å². The number of aliphatic hydroxyl groups excluding tert-OH is 2. The number of unbranched alkanes of at least 4 members (excludes halogenated alkanes) is 12. The van der Waals surface area contributed by atoms with E-state index in [1.807, 2.05) is 48.5 Å². The van der Waals surface area contributed by atoms with E-state index < -0.39 is 47.0 Å². The normalized spacial score (nSPS) is 14.2. The van der Waals surface area contributed by atoms with Crippen LogP contribution in [-0.2, 0) is 30.8 Å². The Morgan fingerprint density at radius 3 is 1.66 bits per heavy atom. The number of benzene rings is 2. The minimum Gasteiger partial charge on any atom is -0.485 e. The van der Waals surface area contributed by atoms with Crippen LogP contribution >= 0.6 is 15.6 Å². The van der Waals surface area contributed by atoms with Gasteiger partial charge in [-0.25, -0.2) is 9.13 Å². The number of hydrogen-bond acceptors (Lipinski definition) is 7. The Kier molecular flexibility index (Phi) is 19.6. The van der Waals surface area contributed by atoms with Crippen LogP contribution in [0.2, 0.25) is 0 Å². The average molecular weight is 701 g/mol. The molecule has 0 saturated heterocycles. The van der Waals surface area contributed by atoms with Gasteiger partial charge in [-0.1, -0.05) is 133 Å². The molecule has 0 saturated carbocycles. The Morgan fingerprint density at radius 2 is 1.13 bits per heavy atom. The van der Waals surface area contributed by atoms with Gasteiger partial charge in [-0.15, -0.1) is 0 Å². The average Bonchev–Trinajstić information content (AvgIpc) is 3.03. The van der Waals surface area contributed by atoms with Crippen LogP contribution in [0.3, 0.4) is 0 Å². The van der Waals surface area contributed by atoms with Crippen molar-refractivity contribution < 1.29 is 47.6 Å². The number of hydrogen-bond donors (Lipinski definition) is 5. The number of ether oxygens (including phenoxy) is 1. The summed E-state index contributed by atoms with van der Waals surface area (Å²) in [7, 11) is -10.7. The number of para-hydroxylation sites is 1. The summed E-state index contributed by atoms with van der Waals surface area (Å²) in [5.74, 6) is 0.555. The first-order valence-corrected chi connectivity index (χ1v) is 20.3. The minimum absolute atomic E-state index is 0.555. The lowest BCUT2D eigenvalue weighted by molar-refractivity contribution is -0.0728. The highest BCUT2D eigenvalue weighted by Crippen LogP contribution is 2.58. The number of aliphatic hydroxyl groups is 2. The van der Waals surface area contributed by atoms with Crippen molar-refractivity contribution in [1.82, 2.24) is 0 Å². The standard InChI is InChI=1S/C35H58O10P2/c1-3-5-7-9-11-13-15-21-30-22-17-19-25-32(30)34(35(27-36,28-37)29-43-47(41,42)45-46(38,39)40)44-33-26-20-18-24-31(33)23-16-14-12-10-8-6-4-2/h17-20,22,24-26,34,36-37H,3-16,21,23,27-29H2,1-2H3,(H,41,42)(H2,38,39,40). The molecule has 5 N–H and O–H groups in total. The van der Waals surface area contributed by atoms with Crippen molar-refractivity contribution in [2.24, 2.45) is 5.41 Å². The topological polar surface area (TPSA) is 163 Å². The molecule has 0 aromatic heterocycles. The predicted molar refractivity (Wildman–Crippen MR) is 185 cm³/mol. The van der Waals surface area contributed by atoms with Gasteiger partial charge in [0.2, 0.25) is 0 Å². The van der Waals surface area contributed by atoms with E-state index in [9.17, 15) is 24.2 Å².